The zero-order valence-electron chi connectivity index (χ0n) is 6.60. The van der Waals surface area contributed by atoms with Gasteiger partial charge in [0.2, 0.25) is 5.95 Å². The first-order chi connectivity index (χ1) is 6.36. The number of hydrogen-bond donors (Lipinski definition) is 2. The molecule has 0 saturated carbocycles. The number of H-pyrrole nitrogens is 1. The third-order valence-corrected chi connectivity index (χ3v) is 1.95. The van der Waals surface area contributed by atoms with Crippen LogP contribution in [0.3, 0.4) is 0 Å². The molecule has 0 atom stereocenters. The van der Waals surface area contributed by atoms with Crippen molar-refractivity contribution in [2.45, 2.75) is 0 Å². The van der Waals surface area contributed by atoms with Crippen molar-refractivity contribution in [2.24, 2.45) is 0 Å². The predicted octanol–water partition coefficient (Wildman–Crippen LogP) is 0.188. The van der Waals surface area contributed by atoms with E-state index in [2.05, 4.69) is 19.9 Å². The number of fused-ring (bicyclic) bond motifs is 3. The molecule has 0 saturated heterocycles. The second-order valence-corrected chi connectivity index (χ2v) is 2.69. The lowest BCUT2D eigenvalue weighted by Gasteiger charge is -1.97. The van der Waals surface area contributed by atoms with E-state index in [1.54, 1.807) is 23.1 Å². The molecule has 0 fully saturated rings. The second kappa shape index (κ2) is 1.98. The van der Waals surface area contributed by atoms with E-state index in [9.17, 15) is 0 Å². The van der Waals surface area contributed by atoms with Crippen LogP contribution in [0.1, 0.15) is 0 Å². The number of rotatable bonds is 0. The predicted molar refractivity (Wildman–Crippen MR) is 47.1 cm³/mol. The molecule has 6 heteroatoms. The molecule has 0 spiro atoms. The molecule has 0 aliphatic carbocycles. The van der Waals surface area contributed by atoms with E-state index >= 15 is 0 Å². The third kappa shape index (κ3) is 0.689. The minimum absolute atomic E-state index is 0.395. The van der Waals surface area contributed by atoms with Crippen molar-refractivity contribution in [1.82, 2.24) is 24.3 Å². The van der Waals surface area contributed by atoms with Crippen molar-refractivity contribution in [3.05, 3.63) is 18.7 Å². The van der Waals surface area contributed by atoms with Crippen molar-refractivity contribution < 1.29 is 0 Å². The quantitative estimate of drug-likeness (QED) is 0.509. The van der Waals surface area contributed by atoms with Crippen molar-refractivity contribution >= 4 is 22.8 Å². The summed E-state index contributed by atoms with van der Waals surface area (Å²) in [6, 6.07) is 0. The van der Waals surface area contributed by atoms with Gasteiger partial charge in [0.05, 0.1) is 6.33 Å². The van der Waals surface area contributed by atoms with Gasteiger partial charge in [-0.1, -0.05) is 0 Å². The number of imidazole rings is 2. The van der Waals surface area contributed by atoms with Gasteiger partial charge in [0.1, 0.15) is 5.52 Å². The Hall–Kier alpha value is -2.11. The molecule has 13 heavy (non-hydrogen) atoms. The summed E-state index contributed by atoms with van der Waals surface area (Å²) in [7, 11) is 0. The van der Waals surface area contributed by atoms with Gasteiger partial charge in [-0.3, -0.25) is 4.40 Å². The van der Waals surface area contributed by atoms with Crippen molar-refractivity contribution in [3.63, 3.8) is 0 Å². The zero-order valence-corrected chi connectivity index (χ0v) is 6.60. The van der Waals surface area contributed by atoms with Gasteiger partial charge < -0.3 is 10.7 Å². The standard InChI is InChI=1S/C7H6N6/c8-7-12-5-4(10-3-11-5)6-9-1-2-13(6)7/h1-3H,(H2,8,12)(H,10,11). The molecule has 0 aliphatic rings. The molecule has 3 N–H and O–H groups in total. The Morgan fingerprint density at radius 3 is 3.23 bits per heavy atom. The van der Waals surface area contributed by atoms with Crippen LogP contribution in [0.2, 0.25) is 0 Å². The van der Waals surface area contributed by atoms with Crippen LogP contribution in [0.15, 0.2) is 18.7 Å². The van der Waals surface area contributed by atoms with Gasteiger partial charge in [0, 0.05) is 12.4 Å². The number of nitrogen functional groups attached to an aromatic ring is 1. The van der Waals surface area contributed by atoms with Crippen LogP contribution in [-0.4, -0.2) is 24.3 Å². The van der Waals surface area contributed by atoms with Gasteiger partial charge >= 0.3 is 0 Å². The fourth-order valence-corrected chi connectivity index (χ4v) is 1.37. The van der Waals surface area contributed by atoms with Gasteiger partial charge in [-0.15, -0.1) is 0 Å². The number of nitrogens with one attached hydrogen (secondary N) is 1. The summed E-state index contributed by atoms with van der Waals surface area (Å²) < 4.78 is 1.71. The highest BCUT2D eigenvalue weighted by atomic mass is 15.2. The second-order valence-electron chi connectivity index (χ2n) is 2.69. The van der Waals surface area contributed by atoms with E-state index in [-0.39, 0.29) is 0 Å². The summed E-state index contributed by atoms with van der Waals surface area (Å²) in [6.07, 6.45) is 5.01. The highest BCUT2D eigenvalue weighted by molar-refractivity contribution is 5.86. The Morgan fingerprint density at radius 1 is 1.38 bits per heavy atom. The lowest BCUT2D eigenvalue weighted by molar-refractivity contribution is 1.13. The Labute approximate surface area is 72.4 Å². The van der Waals surface area contributed by atoms with E-state index in [4.69, 9.17) is 5.73 Å². The molecule has 0 unspecified atom stereocenters. The van der Waals surface area contributed by atoms with Crippen molar-refractivity contribution in [2.75, 3.05) is 5.73 Å². The van der Waals surface area contributed by atoms with Gasteiger partial charge in [-0.2, -0.15) is 4.98 Å². The van der Waals surface area contributed by atoms with E-state index in [0.717, 1.165) is 11.2 Å². The first-order valence-corrected chi connectivity index (χ1v) is 3.78. The number of anilines is 1. The summed E-state index contributed by atoms with van der Waals surface area (Å²) in [5.74, 6) is 0.395. The summed E-state index contributed by atoms with van der Waals surface area (Å²) in [5.41, 5.74) is 7.83. The average Bonchev–Trinajstić information content (AvgIpc) is 2.66. The molecule has 3 aromatic heterocycles. The molecule has 3 aromatic rings. The van der Waals surface area contributed by atoms with Crippen LogP contribution >= 0.6 is 0 Å². The summed E-state index contributed by atoms with van der Waals surface area (Å²) in [4.78, 5) is 15.2. The van der Waals surface area contributed by atoms with Crippen LogP contribution in [0.25, 0.3) is 16.8 Å². The minimum atomic E-state index is 0.395. The maximum atomic E-state index is 5.68. The van der Waals surface area contributed by atoms with Crippen LogP contribution in [-0.2, 0) is 0 Å². The Kier molecular flexibility index (Phi) is 0.974. The zero-order chi connectivity index (χ0) is 8.84. The van der Waals surface area contributed by atoms with E-state index in [0.29, 0.717) is 11.6 Å². The van der Waals surface area contributed by atoms with Crippen molar-refractivity contribution in [3.8, 4) is 0 Å². The highest BCUT2D eigenvalue weighted by Crippen LogP contribution is 2.14. The SMILES string of the molecule is Nc1nc2nc[nH]c2c2nccn12. The monoisotopic (exact) mass is 174 g/mol. The molecule has 3 heterocycles. The fraction of sp³-hybridized carbons (Fsp3) is 0. The molecule has 0 radical (unpaired) electrons. The fourth-order valence-electron chi connectivity index (χ4n) is 1.37. The number of nitrogens with two attached hydrogens (primary N) is 1. The topological polar surface area (TPSA) is 84.9 Å². The lowest BCUT2D eigenvalue weighted by Crippen LogP contribution is -1.99. The van der Waals surface area contributed by atoms with Gasteiger partial charge in [-0.25, -0.2) is 9.97 Å². The van der Waals surface area contributed by atoms with E-state index in [1.807, 2.05) is 0 Å². The summed E-state index contributed by atoms with van der Waals surface area (Å²) in [6.45, 7) is 0. The molecular formula is C7H6N6. The molecule has 64 valence electrons. The lowest BCUT2D eigenvalue weighted by atomic mass is 10.5. The van der Waals surface area contributed by atoms with Gasteiger partial charge in [-0.05, 0) is 0 Å². The first kappa shape index (κ1) is 6.41. The van der Waals surface area contributed by atoms with Crippen molar-refractivity contribution in [1.29, 1.82) is 0 Å². The number of hydrogen-bond acceptors (Lipinski definition) is 4. The van der Waals surface area contributed by atoms with Gasteiger partial charge in [0.25, 0.3) is 0 Å². The number of nitrogens with zero attached hydrogens (tertiary/aromatic N) is 4. The van der Waals surface area contributed by atoms with Gasteiger partial charge in [0.15, 0.2) is 11.3 Å². The molecule has 0 bridgehead atoms. The van der Waals surface area contributed by atoms with Crippen LogP contribution < -0.4 is 5.73 Å². The summed E-state index contributed by atoms with van der Waals surface area (Å²) in [5, 5.41) is 0. The highest BCUT2D eigenvalue weighted by Gasteiger charge is 2.07. The molecular weight excluding hydrogens is 168 g/mol. The Bertz CT molecular complexity index is 577. The normalized spacial score (nSPS) is 11.4. The van der Waals surface area contributed by atoms with Crippen LogP contribution in [0.5, 0.6) is 0 Å². The van der Waals surface area contributed by atoms with E-state index in [1.165, 1.54) is 0 Å². The van der Waals surface area contributed by atoms with Crippen LogP contribution in [0, 0.1) is 0 Å². The maximum Gasteiger partial charge on any atom is 0.208 e. The van der Waals surface area contributed by atoms with Crippen LogP contribution in [0.4, 0.5) is 5.95 Å². The Morgan fingerprint density at radius 2 is 2.31 bits per heavy atom. The third-order valence-electron chi connectivity index (χ3n) is 1.95. The largest absolute Gasteiger partial charge is 0.369 e. The molecule has 0 amide bonds. The first-order valence-electron chi connectivity index (χ1n) is 3.78. The maximum absolute atomic E-state index is 5.68. The molecule has 0 aliphatic heterocycles. The van der Waals surface area contributed by atoms with E-state index < -0.39 is 0 Å². The smallest absolute Gasteiger partial charge is 0.208 e. The minimum Gasteiger partial charge on any atom is -0.369 e. The molecule has 0 aromatic carbocycles. The number of aromatic nitrogens is 5. The molecule has 6 nitrogen and oxygen atoms in total. The summed E-state index contributed by atoms with van der Waals surface area (Å²) >= 11 is 0. The number of aromatic amines is 1. The average molecular weight is 174 g/mol. The molecule has 3 rings (SSSR count). The Balaban J connectivity index is 2.70.